The van der Waals surface area contributed by atoms with Crippen molar-refractivity contribution in [2.45, 2.75) is 32.6 Å². The van der Waals surface area contributed by atoms with Crippen molar-refractivity contribution >= 4 is 17.5 Å². The SMILES string of the molecule is C[C@@H]1CCN(C(=O)c2ccnc(Cl)c2)CC12CCC2. The molecule has 1 saturated carbocycles. The van der Waals surface area contributed by atoms with Gasteiger partial charge in [-0.1, -0.05) is 24.9 Å². The van der Waals surface area contributed by atoms with Gasteiger partial charge >= 0.3 is 0 Å². The molecule has 0 N–H and O–H groups in total. The Morgan fingerprint density at radius 1 is 1.53 bits per heavy atom. The molecule has 1 spiro atoms. The van der Waals surface area contributed by atoms with Gasteiger partial charge in [0, 0.05) is 24.8 Å². The van der Waals surface area contributed by atoms with Crippen molar-refractivity contribution in [3.8, 4) is 0 Å². The summed E-state index contributed by atoms with van der Waals surface area (Å²) < 4.78 is 0. The predicted molar refractivity (Wildman–Crippen MR) is 75.2 cm³/mol. The Bertz CT molecular complexity index is 499. The fourth-order valence-corrected chi connectivity index (χ4v) is 3.62. The van der Waals surface area contributed by atoms with Crippen LogP contribution < -0.4 is 0 Å². The van der Waals surface area contributed by atoms with Crippen LogP contribution in [0.1, 0.15) is 43.0 Å². The molecule has 1 aromatic rings. The van der Waals surface area contributed by atoms with Crippen LogP contribution in [0.3, 0.4) is 0 Å². The van der Waals surface area contributed by atoms with Gasteiger partial charge in [-0.25, -0.2) is 4.98 Å². The molecule has 2 aliphatic rings. The van der Waals surface area contributed by atoms with E-state index in [-0.39, 0.29) is 5.91 Å². The molecule has 102 valence electrons. The van der Waals surface area contributed by atoms with Crippen LogP contribution in [0.25, 0.3) is 0 Å². The normalized spacial score (nSPS) is 25.2. The molecular weight excluding hydrogens is 260 g/mol. The van der Waals surface area contributed by atoms with Crippen molar-refractivity contribution < 1.29 is 4.79 Å². The lowest BCUT2D eigenvalue weighted by Crippen LogP contribution is -2.53. The molecule has 1 amide bonds. The number of likely N-dealkylation sites (tertiary alicyclic amines) is 1. The highest BCUT2D eigenvalue weighted by Crippen LogP contribution is 2.51. The molecule has 19 heavy (non-hydrogen) atoms. The Hall–Kier alpha value is -1.09. The minimum absolute atomic E-state index is 0.0995. The van der Waals surface area contributed by atoms with E-state index >= 15 is 0 Å². The van der Waals surface area contributed by atoms with E-state index in [1.54, 1.807) is 18.3 Å². The summed E-state index contributed by atoms with van der Waals surface area (Å²) in [6, 6.07) is 3.41. The second-order valence-electron chi connectivity index (χ2n) is 6.00. The molecule has 3 rings (SSSR count). The summed E-state index contributed by atoms with van der Waals surface area (Å²) in [7, 11) is 0. The highest BCUT2D eigenvalue weighted by atomic mass is 35.5. The molecule has 0 bridgehead atoms. The van der Waals surface area contributed by atoms with Gasteiger partial charge in [0.05, 0.1) is 0 Å². The fraction of sp³-hybridized carbons (Fsp3) is 0.600. The van der Waals surface area contributed by atoms with E-state index in [0.29, 0.717) is 16.1 Å². The summed E-state index contributed by atoms with van der Waals surface area (Å²) in [5.41, 5.74) is 1.05. The Morgan fingerprint density at radius 2 is 2.32 bits per heavy atom. The Kier molecular flexibility index (Phi) is 3.25. The second kappa shape index (κ2) is 4.78. The van der Waals surface area contributed by atoms with Gasteiger partial charge in [-0.05, 0) is 42.7 Å². The van der Waals surface area contributed by atoms with Crippen LogP contribution in [0, 0.1) is 11.3 Å². The number of nitrogens with zero attached hydrogens (tertiary/aromatic N) is 2. The highest BCUT2D eigenvalue weighted by Gasteiger charge is 2.46. The van der Waals surface area contributed by atoms with E-state index in [1.807, 2.05) is 4.90 Å². The largest absolute Gasteiger partial charge is 0.338 e. The maximum Gasteiger partial charge on any atom is 0.254 e. The number of aromatic nitrogens is 1. The zero-order valence-corrected chi connectivity index (χ0v) is 12.0. The summed E-state index contributed by atoms with van der Waals surface area (Å²) in [5.74, 6) is 0.841. The molecular formula is C15H19ClN2O. The van der Waals surface area contributed by atoms with Crippen LogP contribution >= 0.6 is 11.6 Å². The number of halogens is 1. The van der Waals surface area contributed by atoms with Crippen molar-refractivity contribution in [3.63, 3.8) is 0 Å². The van der Waals surface area contributed by atoms with Gasteiger partial charge in [-0.15, -0.1) is 0 Å². The average Bonchev–Trinajstić information content (AvgIpc) is 2.36. The number of amides is 1. The van der Waals surface area contributed by atoms with Crippen molar-refractivity contribution in [2.24, 2.45) is 11.3 Å². The number of rotatable bonds is 1. The number of pyridine rings is 1. The molecule has 0 unspecified atom stereocenters. The molecule has 2 fully saturated rings. The molecule has 0 aromatic carbocycles. The summed E-state index contributed by atoms with van der Waals surface area (Å²) >= 11 is 5.86. The Labute approximate surface area is 119 Å². The molecule has 1 aliphatic heterocycles. The zero-order valence-electron chi connectivity index (χ0n) is 11.2. The minimum Gasteiger partial charge on any atom is -0.338 e. The van der Waals surface area contributed by atoms with Gasteiger partial charge in [0.1, 0.15) is 5.15 Å². The molecule has 3 nitrogen and oxygen atoms in total. The highest BCUT2D eigenvalue weighted by molar-refractivity contribution is 6.29. The Morgan fingerprint density at radius 3 is 2.95 bits per heavy atom. The van der Waals surface area contributed by atoms with Crippen molar-refractivity contribution in [3.05, 3.63) is 29.0 Å². The van der Waals surface area contributed by atoms with Crippen molar-refractivity contribution in [1.82, 2.24) is 9.88 Å². The van der Waals surface area contributed by atoms with Crippen LogP contribution in [-0.2, 0) is 0 Å². The third-order valence-corrected chi connectivity index (χ3v) is 5.20. The smallest absolute Gasteiger partial charge is 0.254 e. The molecule has 4 heteroatoms. The lowest BCUT2D eigenvalue weighted by Gasteiger charge is -2.53. The molecule has 1 atom stereocenters. The lowest BCUT2D eigenvalue weighted by molar-refractivity contribution is -0.0208. The lowest BCUT2D eigenvalue weighted by atomic mass is 9.59. The summed E-state index contributed by atoms with van der Waals surface area (Å²) in [6.45, 7) is 4.11. The van der Waals surface area contributed by atoms with E-state index in [9.17, 15) is 4.79 Å². The van der Waals surface area contributed by atoms with Crippen molar-refractivity contribution in [1.29, 1.82) is 0 Å². The van der Waals surface area contributed by atoms with Crippen LogP contribution in [-0.4, -0.2) is 28.9 Å². The third-order valence-electron chi connectivity index (χ3n) is 4.99. The van der Waals surface area contributed by atoms with E-state index in [0.717, 1.165) is 25.4 Å². The number of carbonyl (C=O) groups excluding carboxylic acids is 1. The number of carbonyl (C=O) groups is 1. The van der Waals surface area contributed by atoms with Gasteiger partial charge in [0.15, 0.2) is 0 Å². The average molecular weight is 279 g/mol. The molecule has 1 aliphatic carbocycles. The van der Waals surface area contributed by atoms with E-state index in [2.05, 4.69) is 11.9 Å². The van der Waals surface area contributed by atoms with Gasteiger partial charge in [-0.3, -0.25) is 4.79 Å². The maximum atomic E-state index is 12.5. The van der Waals surface area contributed by atoms with Gasteiger partial charge < -0.3 is 4.90 Å². The number of piperidine rings is 1. The third kappa shape index (κ3) is 2.25. The monoisotopic (exact) mass is 278 g/mol. The van der Waals surface area contributed by atoms with Crippen LogP contribution in [0.5, 0.6) is 0 Å². The van der Waals surface area contributed by atoms with Crippen molar-refractivity contribution in [2.75, 3.05) is 13.1 Å². The minimum atomic E-state index is 0.0995. The topological polar surface area (TPSA) is 33.2 Å². The first kappa shape index (κ1) is 12.9. The van der Waals surface area contributed by atoms with Crippen LogP contribution in [0.2, 0.25) is 5.15 Å². The predicted octanol–water partition coefficient (Wildman–Crippen LogP) is 3.39. The summed E-state index contributed by atoms with van der Waals surface area (Å²) in [6.07, 6.45) is 6.57. The summed E-state index contributed by atoms with van der Waals surface area (Å²) in [5, 5.41) is 0.384. The second-order valence-corrected chi connectivity index (χ2v) is 6.39. The molecule has 1 saturated heterocycles. The number of hydrogen-bond donors (Lipinski definition) is 0. The van der Waals surface area contributed by atoms with Crippen LogP contribution in [0.15, 0.2) is 18.3 Å². The first-order valence-corrected chi connectivity index (χ1v) is 7.39. The first-order chi connectivity index (χ1) is 9.11. The van der Waals surface area contributed by atoms with E-state index in [1.165, 1.54) is 19.3 Å². The van der Waals surface area contributed by atoms with Crippen LogP contribution in [0.4, 0.5) is 0 Å². The maximum absolute atomic E-state index is 12.5. The molecule has 2 heterocycles. The summed E-state index contributed by atoms with van der Waals surface area (Å²) in [4.78, 5) is 18.5. The van der Waals surface area contributed by atoms with Gasteiger partial charge in [-0.2, -0.15) is 0 Å². The quantitative estimate of drug-likeness (QED) is 0.738. The van der Waals surface area contributed by atoms with E-state index in [4.69, 9.17) is 11.6 Å². The van der Waals surface area contributed by atoms with Gasteiger partial charge in [0.25, 0.3) is 5.91 Å². The first-order valence-electron chi connectivity index (χ1n) is 7.02. The zero-order chi connectivity index (χ0) is 13.5. The molecule has 1 aromatic heterocycles. The van der Waals surface area contributed by atoms with Gasteiger partial charge in [0.2, 0.25) is 0 Å². The Balaban J connectivity index is 1.77. The standard InChI is InChI=1S/C15H19ClN2O/c1-11-4-8-18(10-15(11)5-2-6-15)14(19)12-3-7-17-13(16)9-12/h3,7,9,11H,2,4-6,8,10H2,1H3/t11-/m1/s1. The van der Waals surface area contributed by atoms with E-state index < -0.39 is 0 Å². The molecule has 0 radical (unpaired) electrons. The fourth-order valence-electron chi connectivity index (χ4n) is 3.44. The number of hydrogen-bond acceptors (Lipinski definition) is 2.